The Morgan fingerprint density at radius 2 is 1.91 bits per heavy atom. The summed E-state index contributed by atoms with van der Waals surface area (Å²) in [5.41, 5.74) is 4.13. The lowest BCUT2D eigenvalue weighted by atomic mass is 10.1. The fraction of sp³-hybridized carbons (Fsp3) is 0.364. The molecule has 1 aromatic carbocycles. The number of hydrogen-bond acceptors (Lipinski definition) is 11. The third kappa shape index (κ3) is 6.68. The van der Waals surface area contributed by atoms with Gasteiger partial charge in [-0.3, -0.25) is 9.78 Å². The van der Waals surface area contributed by atoms with Gasteiger partial charge in [-0.2, -0.15) is 4.98 Å². The first kappa shape index (κ1) is 29.3. The van der Waals surface area contributed by atoms with E-state index < -0.39 is 5.91 Å². The van der Waals surface area contributed by atoms with Gasteiger partial charge in [-0.05, 0) is 56.4 Å². The molecule has 2 fully saturated rings. The smallest absolute Gasteiger partial charge is 0.277 e. The lowest BCUT2D eigenvalue weighted by Crippen LogP contribution is -2.39. The number of nitrogens with zero attached hydrogens (tertiary/aromatic N) is 6. The van der Waals surface area contributed by atoms with Crippen molar-refractivity contribution < 1.29 is 19.1 Å². The van der Waals surface area contributed by atoms with Crippen LogP contribution in [0.1, 0.15) is 47.4 Å². The Kier molecular flexibility index (Phi) is 8.42. The molecule has 0 spiro atoms. The van der Waals surface area contributed by atoms with E-state index in [2.05, 4.69) is 37.2 Å². The third-order valence-electron chi connectivity index (χ3n) is 8.22. The molecule has 7 rings (SSSR count). The van der Waals surface area contributed by atoms with Crippen molar-refractivity contribution in [1.82, 2.24) is 19.9 Å². The number of anilines is 3. The Bertz CT molecular complexity index is 1780. The summed E-state index contributed by atoms with van der Waals surface area (Å²) in [4.78, 5) is 36.4. The van der Waals surface area contributed by atoms with Crippen LogP contribution in [0.25, 0.3) is 21.8 Å². The topological polar surface area (TPSA) is 130 Å². The largest absolute Gasteiger partial charge is 0.444 e. The summed E-state index contributed by atoms with van der Waals surface area (Å²) in [5.74, 6) is 0.592. The van der Waals surface area contributed by atoms with Gasteiger partial charge in [0.25, 0.3) is 5.91 Å². The first-order valence-corrected chi connectivity index (χ1v) is 16.1. The number of carbonyl (C=O) groups is 1. The van der Waals surface area contributed by atoms with E-state index in [4.69, 9.17) is 19.1 Å². The maximum absolute atomic E-state index is 13.4. The van der Waals surface area contributed by atoms with Crippen molar-refractivity contribution in [2.24, 2.45) is 0 Å². The van der Waals surface area contributed by atoms with Gasteiger partial charge in [0, 0.05) is 43.6 Å². The molecule has 0 bridgehead atoms. The maximum atomic E-state index is 13.4. The van der Waals surface area contributed by atoms with Crippen LogP contribution in [0.3, 0.4) is 0 Å². The predicted octanol–water partition coefficient (Wildman–Crippen LogP) is 5.45. The Labute approximate surface area is 264 Å². The molecule has 2 aliphatic rings. The van der Waals surface area contributed by atoms with Crippen molar-refractivity contribution in [1.29, 1.82) is 0 Å². The summed E-state index contributed by atoms with van der Waals surface area (Å²) < 4.78 is 12.8. The average Bonchev–Trinajstić information content (AvgIpc) is 3.73. The van der Waals surface area contributed by atoms with Gasteiger partial charge in [-0.15, -0.1) is 0 Å². The second kappa shape index (κ2) is 12.9. The fourth-order valence-electron chi connectivity index (χ4n) is 5.80. The average molecular weight is 626 g/mol. The molecule has 2 aliphatic heterocycles. The zero-order valence-electron chi connectivity index (χ0n) is 25.1. The van der Waals surface area contributed by atoms with E-state index in [9.17, 15) is 9.90 Å². The van der Waals surface area contributed by atoms with E-state index in [1.807, 2.05) is 37.3 Å². The first-order valence-electron chi connectivity index (χ1n) is 15.3. The Morgan fingerprint density at radius 3 is 2.73 bits per heavy atom. The molecule has 5 aromatic rings. The zero-order chi connectivity index (χ0) is 30.8. The molecule has 0 aliphatic carbocycles. The number of rotatable bonds is 8. The highest BCUT2D eigenvalue weighted by Crippen LogP contribution is 2.36. The summed E-state index contributed by atoms with van der Waals surface area (Å²) >= 11 is 1.56. The van der Waals surface area contributed by atoms with Crippen molar-refractivity contribution in [3.8, 4) is 11.5 Å². The molecule has 12 heteroatoms. The number of aryl methyl sites for hydroxylation is 1. The monoisotopic (exact) mass is 625 g/mol. The van der Waals surface area contributed by atoms with E-state index in [0.29, 0.717) is 55.6 Å². The Morgan fingerprint density at radius 1 is 1.07 bits per heavy atom. The molecule has 0 saturated carbocycles. The van der Waals surface area contributed by atoms with Crippen LogP contribution in [0.4, 0.5) is 16.6 Å². The van der Waals surface area contributed by atoms with Crippen LogP contribution in [0, 0.1) is 6.92 Å². The quantitative estimate of drug-likeness (QED) is 0.230. The van der Waals surface area contributed by atoms with Crippen molar-refractivity contribution in [3.63, 3.8) is 0 Å². The molecular formula is C33H35N7O4S. The molecule has 1 amide bonds. The molecule has 4 aromatic heterocycles. The number of ether oxygens (including phenoxy) is 1. The van der Waals surface area contributed by atoms with E-state index in [1.165, 1.54) is 11.8 Å². The lowest BCUT2D eigenvalue weighted by Gasteiger charge is -2.32. The molecule has 6 heterocycles. The molecule has 1 atom stereocenters. The molecule has 2 saturated heterocycles. The minimum Gasteiger partial charge on any atom is -0.444 e. The second-order valence-electron chi connectivity index (χ2n) is 11.6. The van der Waals surface area contributed by atoms with Crippen LogP contribution in [-0.2, 0) is 11.3 Å². The lowest BCUT2D eigenvalue weighted by molar-refractivity contribution is 0.0316. The first-order chi connectivity index (χ1) is 22.0. The number of amides is 1. The van der Waals surface area contributed by atoms with Gasteiger partial charge in [-0.1, -0.05) is 41.7 Å². The highest BCUT2D eigenvalue weighted by Gasteiger charge is 2.27. The number of aromatic nitrogens is 4. The Hall–Kier alpha value is -4.39. The number of piperidine rings is 2. The molecule has 232 valence electrons. The number of carbonyl (C=O) groups excluding carboxylic acids is 1. The summed E-state index contributed by atoms with van der Waals surface area (Å²) in [6, 6.07) is 15.8. The number of thiazole rings is 1. The third-order valence-corrected chi connectivity index (χ3v) is 9.27. The number of aliphatic hydroxyl groups is 1. The number of aliphatic hydroxyl groups excluding tert-OH is 1. The van der Waals surface area contributed by atoms with Gasteiger partial charge in [0.05, 0.1) is 29.2 Å². The van der Waals surface area contributed by atoms with Crippen LogP contribution in [0.5, 0.6) is 0 Å². The zero-order valence-corrected chi connectivity index (χ0v) is 25.9. The number of fused-ring (bicyclic) bond motifs is 1. The number of oxazole rings is 1. The van der Waals surface area contributed by atoms with Gasteiger partial charge >= 0.3 is 0 Å². The Balaban J connectivity index is 1.13. The van der Waals surface area contributed by atoms with Gasteiger partial charge < -0.3 is 29.4 Å². The van der Waals surface area contributed by atoms with Gasteiger partial charge in [0.15, 0.2) is 22.3 Å². The van der Waals surface area contributed by atoms with Crippen LogP contribution >= 0.6 is 11.3 Å². The minimum atomic E-state index is -0.394. The predicted molar refractivity (Wildman–Crippen MR) is 174 cm³/mol. The summed E-state index contributed by atoms with van der Waals surface area (Å²) in [7, 11) is 0. The number of benzene rings is 1. The van der Waals surface area contributed by atoms with Crippen molar-refractivity contribution in [2.45, 2.75) is 51.4 Å². The van der Waals surface area contributed by atoms with Crippen molar-refractivity contribution in [2.75, 3.05) is 41.3 Å². The SMILES string of the molecule is Cc1cc(-c2nc(C(=O)Nc3cc4sc(N5CCCC(OCc6ccccc6)C5)nc4nc3N3CCC(O)CC3)co2)ccn1. The normalized spacial score (nSPS) is 17.6. The van der Waals surface area contributed by atoms with Crippen LogP contribution in [-0.4, -0.2) is 69.3 Å². The van der Waals surface area contributed by atoms with E-state index in [-0.39, 0.29) is 17.9 Å². The van der Waals surface area contributed by atoms with Crippen molar-refractivity contribution >= 4 is 44.2 Å². The summed E-state index contributed by atoms with van der Waals surface area (Å²) in [5, 5.41) is 14.1. The van der Waals surface area contributed by atoms with E-state index in [1.54, 1.807) is 23.6 Å². The van der Waals surface area contributed by atoms with Crippen LogP contribution < -0.4 is 15.1 Å². The molecule has 45 heavy (non-hydrogen) atoms. The van der Waals surface area contributed by atoms with Gasteiger partial charge in [0.1, 0.15) is 6.26 Å². The number of nitrogens with one attached hydrogen (secondary N) is 1. The fourth-order valence-corrected chi connectivity index (χ4v) is 6.78. The van der Waals surface area contributed by atoms with Crippen molar-refractivity contribution in [3.05, 3.63) is 77.9 Å². The number of hydrogen-bond donors (Lipinski definition) is 2. The van der Waals surface area contributed by atoms with Gasteiger partial charge in [-0.25, -0.2) is 9.97 Å². The standard InChI is InChI=1S/C33H35N7O4S/c1-21-16-23(9-12-34-21)32-36-27(20-44-32)31(42)35-26-17-28-29(37-30(26)39-14-10-24(41)11-15-39)38-33(45-28)40-13-5-8-25(18-40)43-19-22-6-3-2-4-7-22/h2-4,6-7,9,12,16-17,20,24-25,41H,5,8,10-11,13-15,18-19H2,1H3,(H,35,42). The molecule has 1 unspecified atom stereocenters. The molecule has 2 N–H and O–H groups in total. The maximum Gasteiger partial charge on any atom is 0.277 e. The van der Waals surface area contributed by atoms with E-state index in [0.717, 1.165) is 47.0 Å². The number of pyridine rings is 2. The summed E-state index contributed by atoms with van der Waals surface area (Å²) in [6.07, 6.45) is 6.12. The van der Waals surface area contributed by atoms with Gasteiger partial charge in [0.2, 0.25) is 5.89 Å². The van der Waals surface area contributed by atoms with E-state index >= 15 is 0 Å². The highest BCUT2D eigenvalue weighted by molar-refractivity contribution is 7.22. The van der Waals surface area contributed by atoms with Crippen LogP contribution in [0.15, 0.2) is 65.4 Å². The molecule has 11 nitrogen and oxygen atoms in total. The summed E-state index contributed by atoms with van der Waals surface area (Å²) in [6.45, 7) is 5.39. The minimum absolute atomic E-state index is 0.118. The van der Waals surface area contributed by atoms with Crippen LogP contribution in [0.2, 0.25) is 0 Å². The highest BCUT2D eigenvalue weighted by atomic mass is 32.1. The molecular weight excluding hydrogens is 590 g/mol. The second-order valence-corrected chi connectivity index (χ2v) is 12.6. The molecule has 0 radical (unpaired) electrons.